The molecule has 3 aromatic rings. The van der Waals surface area contributed by atoms with Crippen LogP contribution in [0.2, 0.25) is 0 Å². The van der Waals surface area contributed by atoms with Crippen LogP contribution in [0.25, 0.3) is 16.5 Å². The maximum absolute atomic E-state index is 12.5. The highest BCUT2D eigenvalue weighted by Gasteiger charge is 2.20. The molecule has 0 spiro atoms. The van der Waals surface area contributed by atoms with Gasteiger partial charge >= 0.3 is 0 Å². The number of benzene rings is 1. The molecule has 3 heterocycles. The minimum Gasteiger partial charge on any atom is -0.361 e. The molecule has 5 heteroatoms. The summed E-state index contributed by atoms with van der Waals surface area (Å²) in [7, 11) is 0. The van der Waals surface area contributed by atoms with Gasteiger partial charge in [0.25, 0.3) is 5.91 Å². The van der Waals surface area contributed by atoms with Gasteiger partial charge in [0.15, 0.2) is 0 Å². The Hall–Kier alpha value is -2.40. The number of carbonyl (C=O) groups excluding carboxylic acids is 1. The van der Waals surface area contributed by atoms with Crippen LogP contribution in [0.4, 0.5) is 0 Å². The molecular weight excluding hydrogens is 366 g/mol. The maximum Gasteiger partial charge on any atom is 0.255 e. The van der Waals surface area contributed by atoms with Crippen LogP contribution in [0, 0.1) is 0 Å². The number of hydrogen-bond donors (Lipinski definition) is 1. The summed E-state index contributed by atoms with van der Waals surface area (Å²) in [6.07, 6.45) is 8.37. The second-order valence-electron chi connectivity index (χ2n) is 5.86. The van der Waals surface area contributed by atoms with Crippen LogP contribution >= 0.6 is 15.9 Å². The van der Waals surface area contributed by atoms with E-state index in [0.717, 1.165) is 23.0 Å². The van der Waals surface area contributed by atoms with E-state index in [-0.39, 0.29) is 5.91 Å². The molecular formula is C19H16BrN3O. The zero-order valence-corrected chi connectivity index (χ0v) is 14.6. The maximum atomic E-state index is 12.5. The number of fused-ring (bicyclic) bond motifs is 1. The molecule has 4 rings (SSSR count). The molecule has 1 amide bonds. The van der Waals surface area contributed by atoms with Crippen molar-refractivity contribution in [3.8, 4) is 0 Å². The van der Waals surface area contributed by atoms with Gasteiger partial charge in [-0.15, -0.1) is 0 Å². The van der Waals surface area contributed by atoms with Crippen molar-refractivity contribution < 1.29 is 4.79 Å². The van der Waals surface area contributed by atoms with Gasteiger partial charge in [-0.1, -0.05) is 22.0 Å². The Morgan fingerprint density at radius 2 is 2.21 bits per heavy atom. The van der Waals surface area contributed by atoms with E-state index in [1.165, 1.54) is 16.5 Å². The average molecular weight is 382 g/mol. The summed E-state index contributed by atoms with van der Waals surface area (Å²) >= 11 is 3.54. The molecule has 0 fully saturated rings. The van der Waals surface area contributed by atoms with Gasteiger partial charge in [0.2, 0.25) is 0 Å². The highest BCUT2D eigenvalue weighted by molar-refractivity contribution is 9.10. The third-order valence-electron chi connectivity index (χ3n) is 4.39. The molecule has 1 aromatic carbocycles. The van der Waals surface area contributed by atoms with Crippen LogP contribution in [-0.4, -0.2) is 33.9 Å². The number of aromatic nitrogens is 2. The summed E-state index contributed by atoms with van der Waals surface area (Å²) in [6, 6.07) is 9.85. The predicted octanol–water partition coefficient (Wildman–Crippen LogP) is 4.25. The van der Waals surface area contributed by atoms with Crippen molar-refractivity contribution in [2.45, 2.75) is 6.42 Å². The first-order chi connectivity index (χ1) is 11.7. The van der Waals surface area contributed by atoms with Crippen LogP contribution in [0.1, 0.15) is 22.3 Å². The molecule has 1 aliphatic heterocycles. The van der Waals surface area contributed by atoms with Crippen molar-refractivity contribution in [1.29, 1.82) is 0 Å². The van der Waals surface area contributed by atoms with E-state index >= 15 is 0 Å². The molecule has 0 atom stereocenters. The lowest BCUT2D eigenvalue weighted by molar-refractivity contribution is 0.0772. The number of halogens is 1. The number of amides is 1. The zero-order valence-electron chi connectivity index (χ0n) is 13.0. The Morgan fingerprint density at radius 1 is 1.29 bits per heavy atom. The summed E-state index contributed by atoms with van der Waals surface area (Å²) in [6.45, 7) is 1.35. The normalized spacial score (nSPS) is 14.7. The predicted molar refractivity (Wildman–Crippen MR) is 98.7 cm³/mol. The van der Waals surface area contributed by atoms with Crippen molar-refractivity contribution >= 4 is 38.3 Å². The lowest BCUT2D eigenvalue weighted by Crippen LogP contribution is -2.34. The van der Waals surface area contributed by atoms with Gasteiger partial charge in [-0.05, 0) is 42.3 Å². The number of H-pyrrole nitrogens is 1. The molecule has 2 aromatic heterocycles. The van der Waals surface area contributed by atoms with E-state index in [9.17, 15) is 4.79 Å². The highest BCUT2D eigenvalue weighted by atomic mass is 79.9. The van der Waals surface area contributed by atoms with Gasteiger partial charge in [0, 0.05) is 52.6 Å². The summed E-state index contributed by atoms with van der Waals surface area (Å²) in [5, 5.41) is 1.21. The van der Waals surface area contributed by atoms with E-state index in [1.54, 1.807) is 18.5 Å². The number of pyridine rings is 1. The SMILES string of the molecule is O=C(c1cccnc1)N1CC=C(c2c[nH]c3ccc(Br)cc23)CC1. The fourth-order valence-electron chi connectivity index (χ4n) is 3.13. The second-order valence-corrected chi connectivity index (χ2v) is 6.78. The van der Waals surface area contributed by atoms with Gasteiger partial charge in [-0.25, -0.2) is 0 Å². The number of hydrogen-bond acceptors (Lipinski definition) is 2. The number of aromatic amines is 1. The van der Waals surface area contributed by atoms with Crippen molar-refractivity contribution in [3.05, 3.63) is 70.6 Å². The smallest absolute Gasteiger partial charge is 0.255 e. The monoisotopic (exact) mass is 381 g/mol. The van der Waals surface area contributed by atoms with Gasteiger partial charge in [0.05, 0.1) is 5.56 Å². The van der Waals surface area contributed by atoms with E-state index in [2.05, 4.69) is 50.3 Å². The molecule has 0 bridgehead atoms. The largest absolute Gasteiger partial charge is 0.361 e. The molecule has 1 aliphatic rings. The van der Waals surface area contributed by atoms with Gasteiger partial charge in [-0.3, -0.25) is 9.78 Å². The van der Waals surface area contributed by atoms with Crippen LogP contribution < -0.4 is 0 Å². The second kappa shape index (κ2) is 6.24. The highest BCUT2D eigenvalue weighted by Crippen LogP contribution is 2.31. The molecule has 0 unspecified atom stereocenters. The Balaban J connectivity index is 1.58. The quantitative estimate of drug-likeness (QED) is 0.720. The van der Waals surface area contributed by atoms with Crippen molar-refractivity contribution in [1.82, 2.24) is 14.9 Å². The third-order valence-corrected chi connectivity index (χ3v) is 4.89. The van der Waals surface area contributed by atoms with E-state index in [4.69, 9.17) is 0 Å². The number of carbonyl (C=O) groups is 1. The van der Waals surface area contributed by atoms with Gasteiger partial charge in [-0.2, -0.15) is 0 Å². The Kier molecular flexibility index (Phi) is 3.94. The molecule has 0 saturated heterocycles. The fourth-order valence-corrected chi connectivity index (χ4v) is 3.49. The molecule has 0 radical (unpaired) electrons. The Labute approximate surface area is 148 Å². The van der Waals surface area contributed by atoms with E-state index in [1.807, 2.05) is 17.0 Å². The van der Waals surface area contributed by atoms with Crippen LogP contribution in [0.15, 0.2) is 59.5 Å². The number of nitrogens with zero attached hydrogens (tertiary/aromatic N) is 2. The standard InChI is InChI=1S/C19H16BrN3O/c20-15-3-4-18-16(10-15)17(12-22-18)13-5-8-23(9-6-13)19(24)14-2-1-7-21-11-14/h1-5,7,10-12,22H,6,8-9H2. The van der Waals surface area contributed by atoms with Crippen LogP contribution in [0.3, 0.4) is 0 Å². The molecule has 0 saturated carbocycles. The van der Waals surface area contributed by atoms with Gasteiger partial charge in [0.1, 0.15) is 0 Å². The topological polar surface area (TPSA) is 49.0 Å². The molecule has 24 heavy (non-hydrogen) atoms. The minimum atomic E-state index is 0.0417. The minimum absolute atomic E-state index is 0.0417. The van der Waals surface area contributed by atoms with Crippen LogP contribution in [0.5, 0.6) is 0 Å². The molecule has 0 aliphatic carbocycles. The van der Waals surface area contributed by atoms with Crippen molar-refractivity contribution in [3.63, 3.8) is 0 Å². The summed E-state index contributed by atoms with van der Waals surface area (Å²) < 4.78 is 1.07. The first-order valence-electron chi connectivity index (χ1n) is 7.88. The summed E-state index contributed by atoms with van der Waals surface area (Å²) in [5.41, 5.74) is 4.28. The summed E-state index contributed by atoms with van der Waals surface area (Å²) in [5.74, 6) is 0.0417. The van der Waals surface area contributed by atoms with Crippen molar-refractivity contribution in [2.75, 3.05) is 13.1 Å². The summed E-state index contributed by atoms with van der Waals surface area (Å²) in [4.78, 5) is 21.7. The van der Waals surface area contributed by atoms with E-state index < -0.39 is 0 Å². The number of rotatable bonds is 2. The van der Waals surface area contributed by atoms with Crippen molar-refractivity contribution in [2.24, 2.45) is 0 Å². The van der Waals surface area contributed by atoms with Gasteiger partial charge < -0.3 is 9.88 Å². The fraction of sp³-hybridized carbons (Fsp3) is 0.158. The average Bonchev–Trinajstić information content (AvgIpc) is 3.05. The first-order valence-corrected chi connectivity index (χ1v) is 8.67. The lowest BCUT2D eigenvalue weighted by atomic mass is 9.98. The Bertz CT molecular complexity index is 930. The first kappa shape index (κ1) is 15.1. The van der Waals surface area contributed by atoms with Crippen LogP contribution in [-0.2, 0) is 0 Å². The molecule has 4 nitrogen and oxygen atoms in total. The number of nitrogens with one attached hydrogen (secondary N) is 1. The molecule has 1 N–H and O–H groups in total. The lowest BCUT2D eigenvalue weighted by Gasteiger charge is -2.26. The zero-order chi connectivity index (χ0) is 16.5. The van der Waals surface area contributed by atoms with E-state index in [0.29, 0.717) is 12.1 Å². The Morgan fingerprint density at radius 3 is 2.96 bits per heavy atom. The molecule has 120 valence electrons. The third kappa shape index (κ3) is 2.76.